The van der Waals surface area contributed by atoms with Gasteiger partial charge in [0.15, 0.2) is 23.0 Å². The predicted octanol–water partition coefficient (Wildman–Crippen LogP) is 2.29. The van der Waals surface area contributed by atoms with E-state index in [0.29, 0.717) is 35.2 Å². The molecule has 1 saturated heterocycles. The molecule has 2 aliphatic rings. The van der Waals surface area contributed by atoms with Crippen LogP contribution >= 0.6 is 0 Å². The van der Waals surface area contributed by atoms with Gasteiger partial charge in [0.2, 0.25) is 6.79 Å². The molecule has 2 aliphatic heterocycles. The minimum absolute atomic E-state index is 0.0241. The summed E-state index contributed by atoms with van der Waals surface area (Å²) in [5, 5.41) is 12.3. The molecular weight excluding hydrogens is 400 g/mol. The van der Waals surface area contributed by atoms with Gasteiger partial charge in [-0.15, -0.1) is 0 Å². The van der Waals surface area contributed by atoms with Crippen LogP contribution in [0, 0.1) is 17.2 Å². The number of fused-ring (bicyclic) bond motifs is 1. The van der Waals surface area contributed by atoms with Crippen molar-refractivity contribution in [3.63, 3.8) is 0 Å². The fourth-order valence-corrected chi connectivity index (χ4v) is 3.59. The van der Waals surface area contributed by atoms with E-state index in [2.05, 4.69) is 16.2 Å². The first kappa shape index (κ1) is 20.5. The Labute approximate surface area is 179 Å². The van der Waals surface area contributed by atoms with Gasteiger partial charge in [-0.25, -0.2) is 5.43 Å². The number of carbonyl (C=O) groups excluding carboxylic acids is 1. The number of hydrogen-bond acceptors (Lipinski definition) is 8. The van der Waals surface area contributed by atoms with Gasteiger partial charge in [-0.2, -0.15) is 5.26 Å². The number of anilines is 1. The summed E-state index contributed by atoms with van der Waals surface area (Å²) in [7, 11) is 3.05. The molecule has 2 heterocycles. The number of ether oxygens (including phenoxy) is 4. The lowest BCUT2D eigenvalue weighted by Crippen LogP contribution is -2.25. The summed E-state index contributed by atoms with van der Waals surface area (Å²) >= 11 is 0. The molecule has 9 nitrogen and oxygen atoms in total. The smallest absolute Gasteiger partial charge is 0.265 e. The molecule has 3 N–H and O–H groups in total. The summed E-state index contributed by atoms with van der Waals surface area (Å²) in [5.41, 5.74) is 7.78. The highest BCUT2D eigenvalue weighted by atomic mass is 16.7. The molecule has 9 heteroatoms. The van der Waals surface area contributed by atoms with Crippen LogP contribution < -0.4 is 35.1 Å². The van der Waals surface area contributed by atoms with Gasteiger partial charge in [0.25, 0.3) is 5.91 Å². The quantitative estimate of drug-likeness (QED) is 0.480. The van der Waals surface area contributed by atoms with Gasteiger partial charge in [-0.1, -0.05) is 12.1 Å². The van der Waals surface area contributed by atoms with Gasteiger partial charge in [0.05, 0.1) is 20.3 Å². The van der Waals surface area contributed by atoms with E-state index in [1.54, 1.807) is 24.3 Å². The van der Waals surface area contributed by atoms with Gasteiger partial charge in [0.1, 0.15) is 11.6 Å². The normalized spacial score (nSPS) is 19.6. The van der Waals surface area contributed by atoms with Crippen molar-refractivity contribution in [3.8, 4) is 29.1 Å². The molecule has 160 valence electrons. The highest BCUT2D eigenvalue weighted by Gasteiger charge is 2.29. The molecule has 2 atom stereocenters. The van der Waals surface area contributed by atoms with E-state index in [9.17, 15) is 10.1 Å². The lowest BCUT2D eigenvalue weighted by atomic mass is 9.92. The van der Waals surface area contributed by atoms with Gasteiger partial charge in [0, 0.05) is 24.2 Å². The highest BCUT2D eigenvalue weighted by molar-refractivity contribution is 6.06. The molecule has 2 aromatic rings. The number of hydrogen-bond donors (Lipinski definition) is 3. The minimum atomic E-state index is -0.494. The van der Waals surface area contributed by atoms with Crippen molar-refractivity contribution >= 4 is 11.6 Å². The summed E-state index contributed by atoms with van der Waals surface area (Å²) in [5.74, 6) is 1.80. The second-order valence-electron chi connectivity index (χ2n) is 7.00. The number of nitriles is 1. The SMILES string of the molecule is COc1ccc(NC(=O)/C(C#N)=C/C2CNNC2c2ccc3c(c2)OCO3)cc1OC. The maximum absolute atomic E-state index is 12.7. The summed E-state index contributed by atoms with van der Waals surface area (Å²) in [4.78, 5) is 12.7. The number of benzene rings is 2. The lowest BCUT2D eigenvalue weighted by molar-refractivity contribution is -0.112. The van der Waals surface area contributed by atoms with E-state index >= 15 is 0 Å². The van der Waals surface area contributed by atoms with E-state index in [1.807, 2.05) is 24.3 Å². The van der Waals surface area contributed by atoms with Crippen molar-refractivity contribution in [2.45, 2.75) is 6.04 Å². The number of methoxy groups -OCH3 is 2. The zero-order valence-electron chi connectivity index (χ0n) is 17.1. The van der Waals surface area contributed by atoms with Crippen LogP contribution in [0.1, 0.15) is 11.6 Å². The molecular formula is C22H22N4O5. The first-order valence-corrected chi connectivity index (χ1v) is 9.66. The molecule has 4 rings (SSSR count). The zero-order chi connectivity index (χ0) is 21.8. The predicted molar refractivity (Wildman–Crippen MR) is 112 cm³/mol. The van der Waals surface area contributed by atoms with E-state index in [0.717, 1.165) is 5.56 Å². The number of amides is 1. The van der Waals surface area contributed by atoms with Gasteiger partial charge >= 0.3 is 0 Å². The molecule has 2 aromatic carbocycles. The van der Waals surface area contributed by atoms with Crippen LogP contribution in [-0.4, -0.2) is 33.5 Å². The molecule has 1 fully saturated rings. The Hall–Kier alpha value is -3.74. The minimum Gasteiger partial charge on any atom is -0.493 e. The Morgan fingerprint density at radius 1 is 1.16 bits per heavy atom. The fraction of sp³-hybridized carbons (Fsp3) is 0.273. The maximum Gasteiger partial charge on any atom is 0.265 e. The topological polar surface area (TPSA) is 114 Å². The third kappa shape index (κ3) is 4.26. The third-order valence-corrected chi connectivity index (χ3v) is 5.17. The van der Waals surface area contributed by atoms with E-state index < -0.39 is 5.91 Å². The molecule has 0 aliphatic carbocycles. The van der Waals surface area contributed by atoms with E-state index in [1.165, 1.54) is 14.2 Å². The Morgan fingerprint density at radius 2 is 1.97 bits per heavy atom. The van der Waals surface area contributed by atoms with Crippen LogP contribution in [0.25, 0.3) is 0 Å². The second kappa shape index (κ2) is 8.95. The van der Waals surface area contributed by atoms with Crippen LogP contribution in [0.15, 0.2) is 48.0 Å². The van der Waals surface area contributed by atoms with Crippen molar-refractivity contribution in [1.82, 2.24) is 10.9 Å². The Morgan fingerprint density at radius 3 is 2.74 bits per heavy atom. The highest BCUT2D eigenvalue weighted by Crippen LogP contribution is 2.37. The number of hydrazine groups is 1. The second-order valence-corrected chi connectivity index (χ2v) is 7.00. The van der Waals surface area contributed by atoms with Crippen molar-refractivity contribution < 1.29 is 23.7 Å². The first-order chi connectivity index (χ1) is 15.1. The molecule has 31 heavy (non-hydrogen) atoms. The maximum atomic E-state index is 12.7. The molecule has 0 spiro atoms. The van der Waals surface area contributed by atoms with Gasteiger partial charge < -0.3 is 24.3 Å². The van der Waals surface area contributed by atoms with Crippen LogP contribution in [0.4, 0.5) is 5.69 Å². The van der Waals surface area contributed by atoms with Crippen molar-refractivity contribution in [2.24, 2.45) is 5.92 Å². The lowest BCUT2D eigenvalue weighted by Gasteiger charge is -2.17. The summed E-state index contributed by atoms with van der Waals surface area (Å²) in [6, 6.07) is 12.6. The molecule has 1 amide bonds. The Kier molecular flexibility index (Phi) is 5.93. The Bertz CT molecular complexity index is 1060. The molecule has 2 unspecified atom stereocenters. The molecule has 0 saturated carbocycles. The third-order valence-electron chi connectivity index (χ3n) is 5.17. The fourth-order valence-electron chi connectivity index (χ4n) is 3.59. The molecule has 0 aromatic heterocycles. The van der Waals surface area contributed by atoms with Crippen molar-refractivity contribution in [2.75, 3.05) is 32.9 Å². The zero-order valence-corrected chi connectivity index (χ0v) is 17.1. The number of nitrogens with one attached hydrogen (secondary N) is 3. The Balaban J connectivity index is 1.52. The monoisotopic (exact) mass is 422 g/mol. The molecule has 0 radical (unpaired) electrons. The van der Waals surface area contributed by atoms with Crippen molar-refractivity contribution in [3.05, 3.63) is 53.6 Å². The summed E-state index contributed by atoms with van der Waals surface area (Å²) in [6.45, 7) is 0.765. The van der Waals surface area contributed by atoms with Crippen LogP contribution in [-0.2, 0) is 4.79 Å². The van der Waals surface area contributed by atoms with Gasteiger partial charge in [-0.3, -0.25) is 10.2 Å². The summed E-state index contributed by atoms with van der Waals surface area (Å²) < 4.78 is 21.3. The number of nitrogens with zero attached hydrogens (tertiary/aromatic N) is 1. The standard InChI is InChI=1S/C22H22N4O5/c1-28-17-6-4-16(9-19(17)29-2)25-22(27)14(10-23)7-15-11-24-26-21(15)13-3-5-18-20(8-13)31-12-30-18/h3-9,15,21,24,26H,11-12H2,1-2H3,(H,25,27)/b14-7+. The van der Waals surface area contributed by atoms with Crippen LogP contribution in [0.3, 0.4) is 0 Å². The average molecular weight is 422 g/mol. The first-order valence-electron chi connectivity index (χ1n) is 9.66. The number of rotatable bonds is 6. The summed E-state index contributed by atoms with van der Waals surface area (Å²) in [6.07, 6.45) is 1.68. The van der Waals surface area contributed by atoms with Gasteiger partial charge in [-0.05, 0) is 29.8 Å². The largest absolute Gasteiger partial charge is 0.493 e. The van der Waals surface area contributed by atoms with E-state index in [-0.39, 0.29) is 24.3 Å². The van der Waals surface area contributed by atoms with Crippen LogP contribution in [0.2, 0.25) is 0 Å². The average Bonchev–Trinajstić information content (AvgIpc) is 3.45. The van der Waals surface area contributed by atoms with Crippen LogP contribution in [0.5, 0.6) is 23.0 Å². The number of carbonyl (C=O) groups is 1. The van der Waals surface area contributed by atoms with E-state index in [4.69, 9.17) is 18.9 Å². The van der Waals surface area contributed by atoms with Crippen molar-refractivity contribution in [1.29, 1.82) is 5.26 Å². The molecule has 0 bridgehead atoms.